The second-order valence-corrected chi connectivity index (χ2v) is 7.71. The first-order valence-corrected chi connectivity index (χ1v) is 10.3. The summed E-state index contributed by atoms with van der Waals surface area (Å²) in [6, 6.07) is 11.1. The van der Waals surface area contributed by atoms with E-state index in [9.17, 15) is 13.2 Å². The molecule has 1 amide bonds. The summed E-state index contributed by atoms with van der Waals surface area (Å²) in [4.78, 5) is 13.8. The average molecular weight is 390 g/mol. The minimum Gasteiger partial charge on any atom is -0.494 e. The summed E-state index contributed by atoms with van der Waals surface area (Å²) in [6.07, 6.45) is 0.785. The van der Waals surface area contributed by atoms with Gasteiger partial charge in [-0.1, -0.05) is 6.92 Å². The Hall–Kier alpha value is -2.74. The first kappa shape index (κ1) is 19.0. The molecule has 7 nitrogen and oxygen atoms in total. The van der Waals surface area contributed by atoms with E-state index in [1.807, 2.05) is 13.8 Å². The molecule has 0 saturated heterocycles. The predicted octanol–water partition coefficient (Wildman–Crippen LogP) is 3.02. The number of carbonyl (C=O) groups excluding carboxylic acids is 1. The van der Waals surface area contributed by atoms with Crippen molar-refractivity contribution in [3.05, 3.63) is 42.5 Å². The average Bonchev–Trinajstić information content (AvgIpc) is 2.65. The molecule has 1 heterocycles. The Morgan fingerprint density at radius 1 is 1.15 bits per heavy atom. The number of fused-ring (bicyclic) bond motifs is 1. The maximum Gasteiger partial charge on any atom is 0.265 e. The fourth-order valence-corrected chi connectivity index (χ4v) is 3.88. The van der Waals surface area contributed by atoms with E-state index < -0.39 is 10.0 Å². The summed E-state index contributed by atoms with van der Waals surface area (Å²) in [5, 5.41) is 0. The molecule has 0 unspecified atom stereocenters. The number of sulfonamides is 1. The second-order valence-electron chi connectivity index (χ2n) is 6.03. The van der Waals surface area contributed by atoms with Crippen LogP contribution < -0.4 is 19.1 Å². The molecule has 0 radical (unpaired) electrons. The van der Waals surface area contributed by atoms with E-state index in [-0.39, 0.29) is 17.4 Å². The summed E-state index contributed by atoms with van der Waals surface area (Å²) < 4.78 is 38.6. The van der Waals surface area contributed by atoms with E-state index in [2.05, 4.69) is 4.72 Å². The van der Waals surface area contributed by atoms with Crippen LogP contribution in [0.2, 0.25) is 0 Å². The molecule has 0 atom stereocenters. The number of nitrogens with zero attached hydrogens (tertiary/aromatic N) is 1. The number of carbonyl (C=O) groups is 1. The fourth-order valence-electron chi connectivity index (χ4n) is 2.83. The van der Waals surface area contributed by atoms with Gasteiger partial charge in [0, 0.05) is 6.54 Å². The minimum atomic E-state index is -3.76. The van der Waals surface area contributed by atoms with Crippen LogP contribution >= 0.6 is 0 Å². The number of nitrogens with one attached hydrogen (secondary N) is 1. The SMILES string of the molecule is CCCN1C(=O)COc2ccc(NS(=O)(=O)c3ccc(OCC)cc3)cc21. The number of anilines is 2. The molecule has 3 rings (SSSR count). The third-order valence-corrected chi connectivity index (χ3v) is 5.44. The van der Waals surface area contributed by atoms with Gasteiger partial charge < -0.3 is 14.4 Å². The van der Waals surface area contributed by atoms with Gasteiger partial charge in [0.1, 0.15) is 11.5 Å². The zero-order valence-electron chi connectivity index (χ0n) is 15.3. The molecule has 0 aliphatic carbocycles. The maximum absolute atomic E-state index is 12.6. The van der Waals surface area contributed by atoms with Gasteiger partial charge in [-0.2, -0.15) is 0 Å². The number of hydrogen-bond acceptors (Lipinski definition) is 5. The van der Waals surface area contributed by atoms with Crippen LogP contribution in [-0.2, 0) is 14.8 Å². The van der Waals surface area contributed by atoms with Crippen LogP contribution in [0.15, 0.2) is 47.4 Å². The van der Waals surface area contributed by atoms with Crippen LogP contribution in [0.5, 0.6) is 11.5 Å². The molecule has 2 aromatic carbocycles. The van der Waals surface area contributed by atoms with Crippen molar-refractivity contribution in [2.24, 2.45) is 0 Å². The third kappa shape index (κ3) is 4.16. The van der Waals surface area contributed by atoms with Gasteiger partial charge in [0.15, 0.2) is 6.61 Å². The smallest absolute Gasteiger partial charge is 0.265 e. The molecule has 27 heavy (non-hydrogen) atoms. The van der Waals surface area contributed by atoms with Crippen molar-refractivity contribution < 1.29 is 22.7 Å². The van der Waals surface area contributed by atoms with Crippen LogP contribution in [0.1, 0.15) is 20.3 Å². The summed E-state index contributed by atoms with van der Waals surface area (Å²) >= 11 is 0. The predicted molar refractivity (Wildman–Crippen MR) is 103 cm³/mol. The molecule has 0 fully saturated rings. The van der Waals surface area contributed by atoms with E-state index in [4.69, 9.17) is 9.47 Å². The van der Waals surface area contributed by atoms with Gasteiger partial charge in [-0.05, 0) is 55.8 Å². The van der Waals surface area contributed by atoms with Gasteiger partial charge in [-0.25, -0.2) is 8.42 Å². The molecular weight excluding hydrogens is 368 g/mol. The Bertz CT molecular complexity index is 926. The standard InChI is InChI=1S/C19H22N2O5S/c1-3-11-21-17-12-14(5-10-18(17)26-13-19(21)22)20-27(23,24)16-8-6-15(7-9-16)25-4-2/h5-10,12,20H,3-4,11,13H2,1-2H3. The normalized spacial score (nSPS) is 13.7. The highest BCUT2D eigenvalue weighted by Crippen LogP contribution is 2.35. The topological polar surface area (TPSA) is 84.9 Å². The lowest BCUT2D eigenvalue weighted by Gasteiger charge is -2.29. The fraction of sp³-hybridized carbons (Fsp3) is 0.316. The molecule has 2 aromatic rings. The Labute approximate surface area is 158 Å². The molecule has 1 aliphatic rings. The van der Waals surface area contributed by atoms with E-state index in [0.29, 0.717) is 36.0 Å². The van der Waals surface area contributed by atoms with Crippen LogP contribution in [0.3, 0.4) is 0 Å². The van der Waals surface area contributed by atoms with Crippen molar-refractivity contribution in [3.63, 3.8) is 0 Å². The molecule has 0 bridgehead atoms. The molecule has 1 aliphatic heterocycles. The summed E-state index contributed by atoms with van der Waals surface area (Å²) in [5.41, 5.74) is 0.932. The Morgan fingerprint density at radius 3 is 2.56 bits per heavy atom. The third-order valence-electron chi connectivity index (χ3n) is 4.05. The van der Waals surface area contributed by atoms with Gasteiger partial charge >= 0.3 is 0 Å². The van der Waals surface area contributed by atoms with Crippen molar-refractivity contribution in [1.82, 2.24) is 0 Å². The molecule has 0 aromatic heterocycles. The highest BCUT2D eigenvalue weighted by Gasteiger charge is 2.25. The highest BCUT2D eigenvalue weighted by atomic mass is 32.2. The van der Waals surface area contributed by atoms with Gasteiger partial charge in [0.05, 0.1) is 22.9 Å². The number of amides is 1. The molecule has 0 saturated carbocycles. The summed E-state index contributed by atoms with van der Waals surface area (Å²) in [6.45, 7) is 4.88. The van der Waals surface area contributed by atoms with Crippen LogP contribution in [0.4, 0.5) is 11.4 Å². The highest BCUT2D eigenvalue weighted by molar-refractivity contribution is 7.92. The van der Waals surface area contributed by atoms with Crippen molar-refractivity contribution >= 4 is 27.3 Å². The summed E-state index contributed by atoms with van der Waals surface area (Å²) in [7, 11) is -3.76. The molecule has 8 heteroatoms. The van der Waals surface area contributed by atoms with E-state index >= 15 is 0 Å². The Balaban J connectivity index is 1.86. The molecule has 144 valence electrons. The van der Waals surface area contributed by atoms with Crippen molar-refractivity contribution in [3.8, 4) is 11.5 Å². The first-order valence-electron chi connectivity index (χ1n) is 8.77. The number of rotatable bonds is 7. The molecular formula is C19H22N2O5S. The van der Waals surface area contributed by atoms with Crippen molar-refractivity contribution in [2.45, 2.75) is 25.2 Å². The Morgan fingerprint density at radius 2 is 1.89 bits per heavy atom. The summed E-state index contributed by atoms with van der Waals surface area (Å²) in [5.74, 6) is 1.03. The van der Waals surface area contributed by atoms with Gasteiger partial charge in [0.25, 0.3) is 15.9 Å². The first-order chi connectivity index (χ1) is 12.9. The van der Waals surface area contributed by atoms with Crippen LogP contribution in [-0.4, -0.2) is 34.1 Å². The second kappa shape index (κ2) is 7.87. The number of hydrogen-bond donors (Lipinski definition) is 1. The molecule has 0 spiro atoms. The van der Waals surface area contributed by atoms with E-state index in [0.717, 1.165) is 6.42 Å². The van der Waals surface area contributed by atoms with Gasteiger partial charge in [-0.3, -0.25) is 9.52 Å². The van der Waals surface area contributed by atoms with Crippen LogP contribution in [0, 0.1) is 0 Å². The molecule has 1 N–H and O–H groups in total. The lowest BCUT2D eigenvalue weighted by atomic mass is 10.2. The maximum atomic E-state index is 12.6. The quantitative estimate of drug-likeness (QED) is 0.786. The van der Waals surface area contributed by atoms with Crippen LogP contribution in [0.25, 0.3) is 0 Å². The monoisotopic (exact) mass is 390 g/mol. The van der Waals surface area contributed by atoms with E-state index in [1.165, 1.54) is 12.1 Å². The minimum absolute atomic E-state index is 0.00967. The largest absolute Gasteiger partial charge is 0.494 e. The lowest BCUT2D eigenvalue weighted by Crippen LogP contribution is -2.39. The number of benzene rings is 2. The van der Waals surface area contributed by atoms with Crippen molar-refractivity contribution in [1.29, 1.82) is 0 Å². The number of ether oxygens (including phenoxy) is 2. The Kier molecular flexibility index (Phi) is 5.55. The van der Waals surface area contributed by atoms with Gasteiger partial charge in [-0.15, -0.1) is 0 Å². The van der Waals surface area contributed by atoms with E-state index in [1.54, 1.807) is 35.2 Å². The van der Waals surface area contributed by atoms with Crippen molar-refractivity contribution in [2.75, 3.05) is 29.4 Å². The zero-order valence-corrected chi connectivity index (χ0v) is 16.1. The van der Waals surface area contributed by atoms with Gasteiger partial charge in [0.2, 0.25) is 0 Å². The zero-order chi connectivity index (χ0) is 19.4. The lowest BCUT2D eigenvalue weighted by molar-refractivity contribution is -0.121.